The SMILES string of the molecule is O=C(Nc1ccc(CN2CCCC2)nc1)c1cccc2[nH]c(-c3cc(F)ccc3C(F)(F)F)nc12. The molecule has 10 heteroatoms. The fourth-order valence-corrected chi connectivity index (χ4v) is 4.26. The van der Waals surface area contributed by atoms with Crippen molar-refractivity contribution in [3.8, 4) is 11.4 Å². The van der Waals surface area contributed by atoms with Gasteiger partial charge in [-0.1, -0.05) is 6.07 Å². The molecule has 1 aliphatic heterocycles. The molecule has 0 radical (unpaired) electrons. The first-order valence-corrected chi connectivity index (χ1v) is 11.1. The number of halogens is 4. The fourth-order valence-electron chi connectivity index (χ4n) is 4.26. The summed E-state index contributed by atoms with van der Waals surface area (Å²) in [5.74, 6) is -1.50. The van der Waals surface area contributed by atoms with E-state index in [4.69, 9.17) is 0 Å². The number of fused-ring (bicyclic) bond motifs is 1. The molecule has 1 saturated heterocycles. The van der Waals surface area contributed by atoms with Gasteiger partial charge in [-0.3, -0.25) is 14.7 Å². The Hall–Kier alpha value is -3.79. The lowest BCUT2D eigenvalue weighted by molar-refractivity contribution is -0.137. The number of nitrogens with zero attached hydrogens (tertiary/aromatic N) is 3. The number of H-pyrrole nitrogens is 1. The molecule has 4 aromatic rings. The van der Waals surface area contributed by atoms with E-state index in [0.29, 0.717) is 17.3 Å². The highest BCUT2D eigenvalue weighted by atomic mass is 19.4. The lowest BCUT2D eigenvalue weighted by atomic mass is 10.1. The van der Waals surface area contributed by atoms with E-state index in [1.807, 2.05) is 6.07 Å². The number of likely N-dealkylation sites (tertiary alicyclic amines) is 1. The predicted octanol–water partition coefficient (Wildman–Crippen LogP) is 5.63. The minimum absolute atomic E-state index is 0.163. The van der Waals surface area contributed by atoms with E-state index in [1.165, 1.54) is 18.9 Å². The van der Waals surface area contributed by atoms with Crippen LogP contribution in [0.15, 0.2) is 54.7 Å². The number of pyridine rings is 1. The molecule has 0 aliphatic carbocycles. The Morgan fingerprint density at radius 1 is 1.09 bits per heavy atom. The summed E-state index contributed by atoms with van der Waals surface area (Å²) in [5.41, 5.74) is 0.620. The maximum atomic E-state index is 13.8. The highest BCUT2D eigenvalue weighted by molar-refractivity contribution is 6.11. The molecule has 2 aromatic heterocycles. The van der Waals surface area contributed by atoms with Crippen molar-refractivity contribution < 1.29 is 22.4 Å². The van der Waals surface area contributed by atoms with Gasteiger partial charge in [-0.25, -0.2) is 9.37 Å². The minimum Gasteiger partial charge on any atom is -0.338 e. The van der Waals surface area contributed by atoms with Crippen LogP contribution in [0.25, 0.3) is 22.4 Å². The van der Waals surface area contributed by atoms with Crippen LogP contribution in [0.4, 0.5) is 23.2 Å². The fraction of sp³-hybridized carbons (Fsp3) is 0.240. The second kappa shape index (κ2) is 9.10. The van der Waals surface area contributed by atoms with Crippen molar-refractivity contribution in [2.24, 2.45) is 0 Å². The van der Waals surface area contributed by atoms with Gasteiger partial charge in [-0.15, -0.1) is 0 Å². The molecule has 5 rings (SSSR count). The van der Waals surface area contributed by atoms with Gasteiger partial charge in [-0.05, 0) is 68.4 Å². The Morgan fingerprint density at radius 3 is 2.60 bits per heavy atom. The number of anilines is 1. The number of hydrogen-bond acceptors (Lipinski definition) is 4. The van der Waals surface area contributed by atoms with Gasteiger partial charge in [0.2, 0.25) is 0 Å². The molecule has 1 fully saturated rings. The third kappa shape index (κ3) is 4.88. The van der Waals surface area contributed by atoms with Crippen molar-refractivity contribution >= 4 is 22.6 Å². The number of aromatic amines is 1. The van der Waals surface area contributed by atoms with Crippen molar-refractivity contribution in [3.63, 3.8) is 0 Å². The number of rotatable bonds is 5. The number of aromatic nitrogens is 3. The van der Waals surface area contributed by atoms with E-state index >= 15 is 0 Å². The summed E-state index contributed by atoms with van der Waals surface area (Å²) in [5, 5.41) is 2.76. The van der Waals surface area contributed by atoms with Gasteiger partial charge in [-0.2, -0.15) is 13.2 Å². The Bertz CT molecular complexity index is 1380. The Morgan fingerprint density at radius 2 is 1.89 bits per heavy atom. The average Bonchev–Trinajstić information content (AvgIpc) is 3.49. The molecule has 6 nitrogen and oxygen atoms in total. The Balaban J connectivity index is 1.41. The summed E-state index contributed by atoms with van der Waals surface area (Å²) >= 11 is 0. The highest BCUT2D eigenvalue weighted by Crippen LogP contribution is 2.37. The summed E-state index contributed by atoms with van der Waals surface area (Å²) in [6, 6.07) is 10.5. The second-order valence-electron chi connectivity index (χ2n) is 8.45. The van der Waals surface area contributed by atoms with Crippen molar-refractivity contribution in [3.05, 3.63) is 77.4 Å². The van der Waals surface area contributed by atoms with Crippen molar-refractivity contribution in [1.82, 2.24) is 19.9 Å². The molecule has 0 atom stereocenters. The standard InChI is InChI=1S/C25H21F4N5O/c26-15-6-9-20(25(27,28)29)19(12-15)23-32-21-5-3-4-18(22(21)33-23)24(35)31-16-7-8-17(30-13-16)14-34-10-1-2-11-34/h3-9,12-13H,1-2,10-11,14H2,(H,31,35)(H,32,33). The second-order valence-corrected chi connectivity index (χ2v) is 8.45. The lowest BCUT2D eigenvalue weighted by Gasteiger charge is -2.14. The highest BCUT2D eigenvalue weighted by Gasteiger charge is 2.34. The van der Waals surface area contributed by atoms with Crippen LogP contribution in [-0.2, 0) is 12.7 Å². The maximum Gasteiger partial charge on any atom is 0.417 e. The van der Waals surface area contributed by atoms with Crippen LogP contribution >= 0.6 is 0 Å². The topological polar surface area (TPSA) is 73.9 Å². The van der Waals surface area contributed by atoms with Gasteiger partial charge >= 0.3 is 6.18 Å². The maximum absolute atomic E-state index is 13.8. The van der Waals surface area contributed by atoms with Crippen LogP contribution < -0.4 is 5.32 Å². The summed E-state index contributed by atoms with van der Waals surface area (Å²) in [7, 11) is 0. The zero-order chi connectivity index (χ0) is 24.6. The quantitative estimate of drug-likeness (QED) is 0.361. The number of carbonyl (C=O) groups is 1. The van der Waals surface area contributed by atoms with E-state index in [0.717, 1.165) is 37.5 Å². The third-order valence-electron chi connectivity index (χ3n) is 5.97. The number of nitrogens with one attached hydrogen (secondary N) is 2. The molecule has 1 amide bonds. The van der Waals surface area contributed by atoms with Gasteiger partial charge in [0.05, 0.1) is 34.2 Å². The molecule has 1 aliphatic rings. The summed E-state index contributed by atoms with van der Waals surface area (Å²) in [6.07, 6.45) is -0.755. The summed E-state index contributed by atoms with van der Waals surface area (Å²) in [4.78, 5) is 26.7. The number of amides is 1. The van der Waals surface area contributed by atoms with Gasteiger partial charge in [0.15, 0.2) is 0 Å². The molecular formula is C25H21F4N5O. The normalized spacial score (nSPS) is 14.5. The summed E-state index contributed by atoms with van der Waals surface area (Å²) in [6.45, 7) is 2.86. The first kappa shape index (κ1) is 23.0. The Kier molecular flexibility index (Phi) is 5.98. The lowest BCUT2D eigenvalue weighted by Crippen LogP contribution is -2.19. The van der Waals surface area contributed by atoms with Crippen LogP contribution in [0.5, 0.6) is 0 Å². The molecule has 0 unspecified atom stereocenters. The smallest absolute Gasteiger partial charge is 0.338 e. The molecule has 0 spiro atoms. The van der Waals surface area contributed by atoms with Crippen LogP contribution in [0.2, 0.25) is 0 Å². The number of benzene rings is 2. The van der Waals surface area contributed by atoms with Crippen molar-refractivity contribution in [2.75, 3.05) is 18.4 Å². The van der Waals surface area contributed by atoms with E-state index in [2.05, 4.69) is 25.2 Å². The Labute approximate surface area is 198 Å². The molecule has 180 valence electrons. The van der Waals surface area contributed by atoms with Crippen LogP contribution in [0.1, 0.15) is 34.5 Å². The minimum atomic E-state index is -4.70. The molecule has 0 saturated carbocycles. The third-order valence-corrected chi connectivity index (χ3v) is 5.97. The average molecular weight is 483 g/mol. The first-order chi connectivity index (χ1) is 16.8. The number of carbonyl (C=O) groups excluding carboxylic acids is 1. The largest absolute Gasteiger partial charge is 0.417 e. The molecule has 0 bridgehead atoms. The van der Waals surface area contributed by atoms with Gasteiger partial charge in [0, 0.05) is 12.1 Å². The van der Waals surface area contributed by atoms with Crippen LogP contribution in [0, 0.1) is 5.82 Å². The summed E-state index contributed by atoms with van der Waals surface area (Å²) < 4.78 is 54.2. The number of para-hydroxylation sites is 1. The molecule has 3 heterocycles. The number of hydrogen-bond donors (Lipinski definition) is 2. The molecule has 35 heavy (non-hydrogen) atoms. The zero-order valence-corrected chi connectivity index (χ0v) is 18.5. The van der Waals surface area contributed by atoms with Gasteiger partial charge < -0.3 is 10.3 Å². The monoisotopic (exact) mass is 483 g/mol. The first-order valence-electron chi connectivity index (χ1n) is 11.1. The molecule has 2 N–H and O–H groups in total. The van der Waals surface area contributed by atoms with Gasteiger partial charge in [0.1, 0.15) is 17.2 Å². The number of imidazole rings is 1. The van der Waals surface area contributed by atoms with Gasteiger partial charge in [0.25, 0.3) is 5.91 Å². The number of alkyl halides is 3. The van der Waals surface area contributed by atoms with Crippen molar-refractivity contribution in [1.29, 1.82) is 0 Å². The van der Waals surface area contributed by atoms with E-state index in [-0.39, 0.29) is 16.9 Å². The van der Waals surface area contributed by atoms with E-state index < -0.39 is 29.0 Å². The van der Waals surface area contributed by atoms with Crippen LogP contribution in [-0.4, -0.2) is 38.8 Å². The van der Waals surface area contributed by atoms with Crippen LogP contribution in [0.3, 0.4) is 0 Å². The predicted molar refractivity (Wildman–Crippen MR) is 123 cm³/mol. The van der Waals surface area contributed by atoms with Crippen molar-refractivity contribution in [2.45, 2.75) is 25.6 Å². The van der Waals surface area contributed by atoms with E-state index in [9.17, 15) is 22.4 Å². The molecular weight excluding hydrogens is 462 g/mol. The molecule has 2 aromatic carbocycles. The zero-order valence-electron chi connectivity index (χ0n) is 18.5. The van der Waals surface area contributed by atoms with E-state index in [1.54, 1.807) is 24.4 Å².